The van der Waals surface area contributed by atoms with Gasteiger partial charge in [-0.05, 0) is 136 Å². The molecule has 3 saturated heterocycles. The third-order valence-electron chi connectivity index (χ3n) is 17.0. The number of piperidine rings is 1. The molecule has 1 aliphatic carbocycles. The second kappa shape index (κ2) is 26.2. The Balaban J connectivity index is 0.910. The van der Waals surface area contributed by atoms with Crippen LogP contribution < -0.4 is 32.7 Å². The average molecular weight is 1180 g/mol. The van der Waals surface area contributed by atoms with Crippen LogP contribution >= 0.6 is 7.60 Å². The molecule has 0 radical (unpaired) electrons. The second-order valence-corrected chi connectivity index (χ2v) is 24.2. The molecule has 24 heteroatoms. The molecule has 4 fully saturated rings. The summed E-state index contributed by atoms with van der Waals surface area (Å²) in [6.07, 6.45) is 11.8. The summed E-state index contributed by atoms with van der Waals surface area (Å²) in [5.74, 6) is -4.18. The summed E-state index contributed by atoms with van der Waals surface area (Å²) in [4.78, 5) is 161. The van der Waals surface area contributed by atoms with Crippen molar-refractivity contribution in [1.29, 1.82) is 0 Å². The van der Waals surface area contributed by atoms with Crippen molar-refractivity contribution in [2.45, 2.75) is 127 Å². The highest BCUT2D eigenvalue weighted by Gasteiger charge is 2.46. The van der Waals surface area contributed by atoms with E-state index in [1.54, 1.807) is 30.2 Å². The predicted molar refractivity (Wildman–Crippen MR) is 314 cm³/mol. The molecule has 3 aliphatic heterocycles. The number of primary amides is 1. The van der Waals surface area contributed by atoms with Crippen molar-refractivity contribution in [3.05, 3.63) is 142 Å². The minimum atomic E-state index is -5.13. The van der Waals surface area contributed by atoms with E-state index >= 15 is 4.79 Å². The fourth-order valence-corrected chi connectivity index (χ4v) is 12.9. The number of carbonyl (C=O) groups is 9. The van der Waals surface area contributed by atoms with E-state index in [2.05, 4.69) is 32.8 Å². The van der Waals surface area contributed by atoms with Gasteiger partial charge in [0.1, 0.15) is 29.9 Å². The SMILES string of the molecule is C=C/C=C\C=C(/C)C(NC(=O)[C@H](CCC(N)=O)NC(=O)[C@@H]1CC[C@@H]2CCN(C(=O)C[C@H]3CC[C@@H](Cc4ccc5c(c4)n(C)c(=O)n5[C@H]4CCC(=O)NC4=O)CC3)C[C@H](NC(=O)c3cc4cc(C(=O)P(=O)(O)O)ccc4[nH]3)C(=O)N21)c1ccccc1. The van der Waals surface area contributed by atoms with Gasteiger partial charge in [0.15, 0.2) is 0 Å². The summed E-state index contributed by atoms with van der Waals surface area (Å²) in [5, 5.41) is 11.3. The lowest BCUT2D eigenvalue weighted by molar-refractivity contribution is -0.146. The highest BCUT2D eigenvalue weighted by atomic mass is 31.2. The summed E-state index contributed by atoms with van der Waals surface area (Å²) in [6.45, 7) is 5.47. The molecule has 5 aromatic rings. The van der Waals surface area contributed by atoms with E-state index in [4.69, 9.17) is 5.73 Å². The topological polar surface area (TPSA) is 335 Å². The molecule has 6 atom stereocenters. The summed E-state index contributed by atoms with van der Waals surface area (Å²) < 4.78 is 14.8. The summed E-state index contributed by atoms with van der Waals surface area (Å²) in [7, 11) is -3.48. The van der Waals surface area contributed by atoms with Gasteiger partial charge in [0, 0.05) is 61.9 Å². The van der Waals surface area contributed by atoms with Gasteiger partial charge in [0.2, 0.25) is 41.4 Å². The van der Waals surface area contributed by atoms with Crippen LogP contribution in [0.5, 0.6) is 0 Å². The predicted octanol–water partition coefficient (Wildman–Crippen LogP) is 4.54. The highest BCUT2D eigenvalue weighted by molar-refractivity contribution is 7.70. The molecule has 0 spiro atoms. The molecule has 9 N–H and O–H groups in total. The minimum absolute atomic E-state index is 0.0188. The van der Waals surface area contributed by atoms with E-state index in [0.29, 0.717) is 29.4 Å². The lowest BCUT2D eigenvalue weighted by Gasteiger charge is -2.39. The van der Waals surface area contributed by atoms with Crippen molar-refractivity contribution in [3.63, 3.8) is 0 Å². The molecule has 1 unspecified atom stereocenters. The Bertz CT molecular complexity index is 3640. The number of imide groups is 1. The first kappa shape index (κ1) is 61.0. The molecule has 23 nitrogen and oxygen atoms in total. The van der Waals surface area contributed by atoms with Gasteiger partial charge in [-0.25, -0.2) is 4.79 Å². The number of imidazole rings is 1. The second-order valence-electron chi connectivity index (χ2n) is 22.7. The Labute approximate surface area is 489 Å². The number of aromatic nitrogens is 3. The zero-order chi connectivity index (χ0) is 60.9. The zero-order valence-electron chi connectivity index (χ0n) is 47.4. The van der Waals surface area contributed by atoms with E-state index < -0.39 is 84.8 Å². The first-order valence-electron chi connectivity index (χ1n) is 28.7. The third kappa shape index (κ3) is 14.0. The average Bonchev–Trinajstić information content (AvgIpc) is 1.83. The molecule has 448 valence electrons. The van der Waals surface area contributed by atoms with Gasteiger partial charge in [-0.1, -0.05) is 67.3 Å². The fourth-order valence-electron chi connectivity index (χ4n) is 12.4. The smallest absolute Gasteiger partial charge is 0.370 e. The molecule has 5 heterocycles. The van der Waals surface area contributed by atoms with Crippen molar-refractivity contribution in [1.82, 2.24) is 45.2 Å². The molecule has 4 aliphatic rings. The Morgan fingerprint density at radius 2 is 1.60 bits per heavy atom. The number of allylic oxidation sites excluding steroid dienone is 4. The Morgan fingerprint density at radius 1 is 0.859 bits per heavy atom. The van der Waals surface area contributed by atoms with Gasteiger partial charge in [0.05, 0.1) is 17.1 Å². The van der Waals surface area contributed by atoms with Gasteiger partial charge in [-0.3, -0.25) is 62.2 Å². The lowest BCUT2D eigenvalue weighted by Crippen LogP contribution is -2.62. The normalized spacial score (nSPS) is 22.1. The number of hydrogen-bond acceptors (Lipinski definition) is 11. The first-order valence-corrected chi connectivity index (χ1v) is 30.3. The lowest BCUT2D eigenvalue weighted by atomic mass is 9.78. The number of carbonyl (C=O) groups excluding carboxylic acids is 9. The number of hydrogen-bond donors (Lipinski definition) is 8. The molecule has 2 aromatic heterocycles. The maximum Gasteiger partial charge on any atom is 0.396 e. The van der Waals surface area contributed by atoms with Crippen LogP contribution in [0, 0.1) is 11.8 Å². The number of aryl methyl sites for hydroxylation is 1. The van der Waals surface area contributed by atoms with E-state index in [0.717, 1.165) is 48.8 Å². The largest absolute Gasteiger partial charge is 0.396 e. The summed E-state index contributed by atoms with van der Waals surface area (Å²) >= 11 is 0. The maximum absolute atomic E-state index is 15.2. The van der Waals surface area contributed by atoms with Crippen molar-refractivity contribution in [2.75, 3.05) is 13.1 Å². The van der Waals surface area contributed by atoms with E-state index in [9.17, 15) is 57.5 Å². The fraction of sp³-hybridized carbons (Fsp3) is 0.410. The minimum Gasteiger partial charge on any atom is -0.370 e. The van der Waals surface area contributed by atoms with Gasteiger partial charge >= 0.3 is 13.3 Å². The van der Waals surface area contributed by atoms with Crippen LogP contribution in [0.2, 0.25) is 0 Å². The number of rotatable bonds is 20. The number of nitrogens with two attached hydrogens (primary N) is 1. The van der Waals surface area contributed by atoms with Crippen LogP contribution in [0.3, 0.4) is 0 Å². The van der Waals surface area contributed by atoms with Crippen molar-refractivity contribution < 1.29 is 57.5 Å². The number of benzene rings is 3. The van der Waals surface area contributed by atoms with Crippen LogP contribution in [0.1, 0.15) is 128 Å². The van der Waals surface area contributed by atoms with Gasteiger partial charge in [-0.15, -0.1) is 0 Å². The highest BCUT2D eigenvalue weighted by Crippen LogP contribution is 2.40. The monoisotopic (exact) mass is 1180 g/mol. The quantitative estimate of drug-likeness (QED) is 0.0302. The summed E-state index contributed by atoms with van der Waals surface area (Å²) in [6, 6.07) is 14.3. The first-order chi connectivity index (χ1) is 40.6. The molecular formula is C61H71N10O13P. The number of nitrogens with zero attached hydrogens (tertiary/aromatic N) is 4. The van der Waals surface area contributed by atoms with E-state index in [1.165, 1.54) is 38.3 Å². The molecule has 0 bridgehead atoms. The third-order valence-corrected chi connectivity index (χ3v) is 17.7. The number of aromatic amines is 1. The molecule has 1 saturated carbocycles. The molecular weight excluding hydrogens is 1110 g/mol. The van der Waals surface area contributed by atoms with Crippen LogP contribution in [0.4, 0.5) is 0 Å². The van der Waals surface area contributed by atoms with Gasteiger partial charge in [0.25, 0.3) is 11.4 Å². The zero-order valence-corrected chi connectivity index (χ0v) is 48.3. The standard InChI is InChI=1S/C61H71N10O13P/c1-4-5-7-10-35(2)54(39-11-8-6-9-12-39)67-55(75)44(21-25-51(62)72)64-57(77)48-23-19-42-27-28-69(34-46(59(79)70(42)48)65-56(76)45-33-41-32-40(18-20-43(41)63-45)60(80)85(82,83)84)53(74)31-37-15-13-36(14-16-37)29-38-17-22-47-50(30-38)68(3)61(81)71(47)49-24-26-52(73)66-58(49)78/h4-12,17-18,20,22,30,32-33,36-37,42,44,46,48-49,54,63H,1,13-16,19,21,23-29,31,34H2,2-3H3,(H2,62,72)(H,64,77)(H,65,76)(H,67,75)(H,66,73,78)(H2,82,83,84)/b7-5-,35-10+/t36-,37+,42-,44+,46+,48+,49+,54?/m1/s1. The van der Waals surface area contributed by atoms with Gasteiger partial charge < -0.3 is 46.3 Å². The van der Waals surface area contributed by atoms with Crippen LogP contribution in [0.15, 0.2) is 114 Å². The van der Waals surface area contributed by atoms with Gasteiger partial charge in [-0.2, -0.15) is 0 Å². The Morgan fingerprint density at radius 3 is 2.31 bits per heavy atom. The Kier molecular flexibility index (Phi) is 18.8. The van der Waals surface area contributed by atoms with Crippen LogP contribution in [-0.2, 0) is 51.6 Å². The van der Waals surface area contributed by atoms with E-state index in [1.807, 2.05) is 61.5 Å². The molecule has 85 heavy (non-hydrogen) atoms. The number of fused-ring (bicyclic) bond motifs is 3. The van der Waals surface area contributed by atoms with Crippen LogP contribution in [-0.4, -0.2) is 124 Å². The van der Waals surface area contributed by atoms with Crippen molar-refractivity contribution in [3.8, 4) is 0 Å². The van der Waals surface area contributed by atoms with Crippen molar-refractivity contribution in [2.24, 2.45) is 24.6 Å². The number of amides is 8. The maximum atomic E-state index is 15.2. The summed E-state index contributed by atoms with van der Waals surface area (Å²) in [5.41, 5.74) is 7.61. The Hall–Kier alpha value is -8.53. The molecule has 3 aromatic carbocycles. The van der Waals surface area contributed by atoms with Crippen molar-refractivity contribution >= 4 is 82.3 Å². The number of H-pyrrole nitrogens is 1. The number of nitrogens with one attached hydrogen (secondary N) is 5. The van der Waals surface area contributed by atoms with E-state index in [-0.39, 0.29) is 97.6 Å². The van der Waals surface area contributed by atoms with Crippen LogP contribution in [0.25, 0.3) is 21.9 Å². The molecule has 8 amide bonds. The molecule has 9 rings (SSSR count).